The second-order valence-corrected chi connectivity index (χ2v) is 7.78. The Morgan fingerprint density at radius 1 is 1.45 bits per heavy atom. The minimum atomic E-state index is -0.939. The van der Waals surface area contributed by atoms with Crippen LogP contribution in [0.4, 0.5) is 5.69 Å². The van der Waals surface area contributed by atoms with Gasteiger partial charge in [-0.25, -0.2) is 0 Å². The molecule has 1 atom stereocenters. The highest BCUT2D eigenvalue weighted by molar-refractivity contribution is 6.00. The number of ether oxygens (including phenoxy) is 2. The molecule has 3 rings (SSSR count). The number of ketones is 1. The highest BCUT2D eigenvalue weighted by atomic mass is 16.6. The number of allylic oxidation sites excluding steroid dienone is 3. The third kappa shape index (κ3) is 3.49. The van der Waals surface area contributed by atoms with Crippen molar-refractivity contribution in [3.63, 3.8) is 0 Å². The van der Waals surface area contributed by atoms with Crippen LogP contribution in [0.5, 0.6) is 11.5 Å². The van der Waals surface area contributed by atoms with E-state index in [4.69, 9.17) is 15.2 Å². The fourth-order valence-corrected chi connectivity index (χ4v) is 3.80. The van der Waals surface area contributed by atoms with Crippen LogP contribution in [0.25, 0.3) is 0 Å². The molecule has 3 N–H and O–H groups in total. The number of nitrogens with zero attached hydrogens (tertiary/aromatic N) is 2. The lowest BCUT2D eigenvalue weighted by Gasteiger charge is -2.37. The number of nitrogens with two attached hydrogens (primary N) is 1. The first-order chi connectivity index (χ1) is 13.6. The first-order valence-corrected chi connectivity index (χ1v) is 9.07. The lowest BCUT2D eigenvalue weighted by molar-refractivity contribution is -0.386. The number of hydrogen-bond acceptors (Lipinski definition) is 8. The van der Waals surface area contributed by atoms with Gasteiger partial charge in [0, 0.05) is 24.5 Å². The van der Waals surface area contributed by atoms with Gasteiger partial charge in [-0.3, -0.25) is 14.9 Å². The molecule has 1 heterocycles. The Hall–Kier alpha value is -3.54. The van der Waals surface area contributed by atoms with Crippen LogP contribution in [-0.2, 0) is 9.53 Å². The summed E-state index contributed by atoms with van der Waals surface area (Å²) in [7, 11) is 0. The Labute approximate surface area is 167 Å². The molecule has 29 heavy (non-hydrogen) atoms. The Morgan fingerprint density at radius 3 is 2.72 bits per heavy atom. The maximum absolute atomic E-state index is 13.0. The van der Waals surface area contributed by atoms with E-state index in [1.165, 1.54) is 6.07 Å². The Kier molecular flexibility index (Phi) is 4.96. The molecular formula is C20H21N3O6. The molecular weight excluding hydrogens is 378 g/mol. The molecule has 0 bridgehead atoms. The number of benzene rings is 1. The summed E-state index contributed by atoms with van der Waals surface area (Å²) in [5, 5.41) is 31.3. The summed E-state index contributed by atoms with van der Waals surface area (Å²) in [5.74, 6) is -1.66. The molecule has 0 amide bonds. The lowest BCUT2D eigenvalue weighted by Crippen LogP contribution is -2.33. The normalized spacial score (nSPS) is 20.6. The fraction of sp³-hybridized carbons (Fsp3) is 0.400. The molecule has 0 saturated heterocycles. The van der Waals surface area contributed by atoms with E-state index < -0.39 is 22.3 Å². The standard InChI is InChI=1S/C20H21N3O6/c1-4-28-14-6-10(5-12(18(14)25)23(26)27)16-11(9-21)19(22)29-15-8-20(2,3)7-13(24)17(15)16/h5-6,16,25H,4,7-8,22H2,1-3H3/t16-/m0/s1. The molecule has 0 unspecified atom stereocenters. The molecule has 1 aliphatic heterocycles. The number of carbonyl (C=O) groups is 1. The van der Waals surface area contributed by atoms with Crippen molar-refractivity contribution in [1.29, 1.82) is 5.26 Å². The van der Waals surface area contributed by atoms with Crippen LogP contribution in [-0.4, -0.2) is 22.4 Å². The Bertz CT molecular complexity index is 1020. The number of hydrogen-bond donors (Lipinski definition) is 2. The van der Waals surface area contributed by atoms with Gasteiger partial charge in [0.25, 0.3) is 0 Å². The van der Waals surface area contributed by atoms with Crippen molar-refractivity contribution in [3.8, 4) is 17.6 Å². The van der Waals surface area contributed by atoms with Gasteiger partial charge in [-0.1, -0.05) is 13.8 Å². The van der Waals surface area contributed by atoms with E-state index in [2.05, 4.69) is 0 Å². The molecule has 9 heteroatoms. The van der Waals surface area contributed by atoms with Gasteiger partial charge in [-0.05, 0) is 24.0 Å². The van der Waals surface area contributed by atoms with Gasteiger partial charge in [0.05, 0.1) is 17.4 Å². The lowest BCUT2D eigenvalue weighted by atomic mass is 9.70. The zero-order valence-electron chi connectivity index (χ0n) is 16.3. The number of rotatable bonds is 4. The number of nitriles is 1. The van der Waals surface area contributed by atoms with Crippen molar-refractivity contribution in [1.82, 2.24) is 0 Å². The minimum absolute atomic E-state index is 0.0146. The van der Waals surface area contributed by atoms with E-state index in [1.807, 2.05) is 19.9 Å². The van der Waals surface area contributed by atoms with Crippen molar-refractivity contribution in [2.24, 2.45) is 11.1 Å². The van der Waals surface area contributed by atoms with Gasteiger partial charge < -0.3 is 20.3 Å². The number of phenols is 1. The van der Waals surface area contributed by atoms with Crippen molar-refractivity contribution >= 4 is 11.5 Å². The van der Waals surface area contributed by atoms with Gasteiger partial charge in [0.2, 0.25) is 11.6 Å². The highest BCUT2D eigenvalue weighted by Gasteiger charge is 2.43. The molecule has 1 aliphatic carbocycles. The second-order valence-electron chi connectivity index (χ2n) is 7.78. The predicted molar refractivity (Wildman–Crippen MR) is 102 cm³/mol. The summed E-state index contributed by atoms with van der Waals surface area (Å²) in [6, 6.07) is 4.49. The van der Waals surface area contributed by atoms with E-state index in [-0.39, 0.29) is 52.6 Å². The van der Waals surface area contributed by atoms with Crippen LogP contribution >= 0.6 is 0 Å². The topological polar surface area (TPSA) is 149 Å². The van der Waals surface area contributed by atoms with Crippen molar-refractivity contribution in [3.05, 3.63) is 50.6 Å². The first kappa shape index (κ1) is 20.2. The van der Waals surface area contributed by atoms with Crippen molar-refractivity contribution < 1.29 is 24.3 Å². The largest absolute Gasteiger partial charge is 0.500 e. The summed E-state index contributed by atoms with van der Waals surface area (Å²) < 4.78 is 10.9. The molecule has 9 nitrogen and oxygen atoms in total. The molecule has 0 aromatic heterocycles. The summed E-state index contributed by atoms with van der Waals surface area (Å²) in [4.78, 5) is 23.7. The Morgan fingerprint density at radius 2 is 2.14 bits per heavy atom. The quantitative estimate of drug-likeness (QED) is 0.579. The van der Waals surface area contributed by atoms with E-state index in [0.29, 0.717) is 12.2 Å². The van der Waals surface area contributed by atoms with Gasteiger partial charge in [-0.15, -0.1) is 0 Å². The number of nitro benzene ring substituents is 1. The van der Waals surface area contributed by atoms with Crippen LogP contribution in [0.15, 0.2) is 34.9 Å². The molecule has 0 saturated carbocycles. The summed E-state index contributed by atoms with van der Waals surface area (Å²) >= 11 is 0. The van der Waals surface area contributed by atoms with Gasteiger partial charge in [0.15, 0.2) is 11.5 Å². The Balaban J connectivity index is 2.27. The number of phenolic OH excluding ortho intramolecular Hbond substituents is 1. The van der Waals surface area contributed by atoms with Crippen LogP contribution in [0.1, 0.15) is 45.1 Å². The van der Waals surface area contributed by atoms with E-state index in [1.54, 1.807) is 6.92 Å². The number of Topliss-reactive ketones (excluding diaryl/α,β-unsaturated/α-hetero) is 1. The molecule has 2 aliphatic rings. The van der Waals surface area contributed by atoms with Gasteiger partial charge >= 0.3 is 5.69 Å². The molecule has 0 radical (unpaired) electrons. The summed E-state index contributed by atoms with van der Waals surface area (Å²) in [5.41, 5.74) is 5.53. The number of nitro groups is 1. The SMILES string of the molecule is CCOc1cc([C@H]2C(C#N)=C(N)OC3=C2C(=O)CC(C)(C)C3)cc([N+](=O)[O-])c1O. The fourth-order valence-electron chi connectivity index (χ4n) is 3.80. The summed E-state index contributed by atoms with van der Waals surface area (Å²) in [6.45, 7) is 5.67. The molecule has 152 valence electrons. The third-order valence-corrected chi connectivity index (χ3v) is 4.98. The summed E-state index contributed by atoms with van der Waals surface area (Å²) in [6.07, 6.45) is 0.672. The van der Waals surface area contributed by atoms with Crippen molar-refractivity contribution in [2.75, 3.05) is 6.61 Å². The third-order valence-electron chi connectivity index (χ3n) is 4.98. The van der Waals surface area contributed by atoms with Crippen LogP contribution in [0, 0.1) is 26.9 Å². The van der Waals surface area contributed by atoms with E-state index in [0.717, 1.165) is 6.07 Å². The number of aromatic hydroxyl groups is 1. The van der Waals surface area contributed by atoms with Crippen molar-refractivity contribution in [2.45, 2.75) is 39.5 Å². The monoisotopic (exact) mass is 399 g/mol. The number of carbonyl (C=O) groups excluding carboxylic acids is 1. The van der Waals surface area contributed by atoms with Gasteiger partial charge in [-0.2, -0.15) is 5.26 Å². The smallest absolute Gasteiger partial charge is 0.314 e. The zero-order chi connectivity index (χ0) is 21.5. The maximum atomic E-state index is 13.0. The highest BCUT2D eigenvalue weighted by Crippen LogP contribution is 2.50. The first-order valence-electron chi connectivity index (χ1n) is 9.07. The van der Waals surface area contributed by atoms with Crippen LogP contribution in [0.2, 0.25) is 0 Å². The average Bonchev–Trinajstić information content (AvgIpc) is 2.61. The second kappa shape index (κ2) is 7.13. The average molecular weight is 399 g/mol. The van der Waals surface area contributed by atoms with Crippen LogP contribution in [0.3, 0.4) is 0 Å². The van der Waals surface area contributed by atoms with E-state index >= 15 is 0 Å². The predicted octanol–water partition coefficient (Wildman–Crippen LogP) is 3.15. The maximum Gasteiger partial charge on any atom is 0.314 e. The molecule has 1 aromatic carbocycles. The minimum Gasteiger partial charge on any atom is -0.500 e. The molecule has 0 spiro atoms. The molecule has 0 fully saturated rings. The van der Waals surface area contributed by atoms with Crippen LogP contribution < -0.4 is 10.5 Å². The van der Waals surface area contributed by atoms with E-state index in [9.17, 15) is 25.3 Å². The van der Waals surface area contributed by atoms with Gasteiger partial charge in [0.1, 0.15) is 17.4 Å². The molecule has 1 aromatic rings. The zero-order valence-corrected chi connectivity index (χ0v) is 16.3.